The number of carboxylic acid groups (broad SMARTS) is 1. The van der Waals surface area contributed by atoms with Crippen LogP contribution in [0.15, 0.2) is 18.2 Å². The van der Waals surface area contributed by atoms with Crippen LogP contribution >= 0.6 is 0 Å². The molecule has 0 amide bonds. The average Bonchev–Trinajstić information content (AvgIpc) is 2.07. The van der Waals surface area contributed by atoms with E-state index in [-0.39, 0.29) is 17.9 Å². The third-order valence-electron chi connectivity index (χ3n) is 2.09. The highest BCUT2D eigenvalue weighted by molar-refractivity contribution is 5.70. The van der Waals surface area contributed by atoms with Crippen molar-refractivity contribution in [2.24, 2.45) is 0 Å². The molecule has 0 saturated heterocycles. The quantitative estimate of drug-likeness (QED) is 0.806. The van der Waals surface area contributed by atoms with Crippen molar-refractivity contribution in [3.63, 3.8) is 0 Å². The van der Waals surface area contributed by atoms with Crippen molar-refractivity contribution in [3.8, 4) is 0 Å². The SMILES string of the molecule is CC(C)c1ccc(CC(=O)O)c(F)c1. The summed E-state index contributed by atoms with van der Waals surface area (Å²) in [7, 11) is 0. The molecule has 0 bridgehead atoms. The molecule has 14 heavy (non-hydrogen) atoms. The van der Waals surface area contributed by atoms with Gasteiger partial charge in [-0.15, -0.1) is 0 Å². The Bertz CT molecular complexity index is 345. The summed E-state index contributed by atoms with van der Waals surface area (Å²) in [6, 6.07) is 4.72. The second-order valence-electron chi connectivity index (χ2n) is 3.58. The van der Waals surface area contributed by atoms with Crippen molar-refractivity contribution in [1.29, 1.82) is 0 Å². The maximum Gasteiger partial charge on any atom is 0.307 e. The van der Waals surface area contributed by atoms with Crippen LogP contribution in [-0.4, -0.2) is 11.1 Å². The van der Waals surface area contributed by atoms with Crippen LogP contribution in [0.4, 0.5) is 4.39 Å². The molecule has 0 heterocycles. The van der Waals surface area contributed by atoms with E-state index in [4.69, 9.17) is 5.11 Å². The van der Waals surface area contributed by atoms with E-state index in [0.29, 0.717) is 0 Å². The molecule has 76 valence electrons. The van der Waals surface area contributed by atoms with Crippen LogP contribution in [0.2, 0.25) is 0 Å². The monoisotopic (exact) mass is 196 g/mol. The lowest BCUT2D eigenvalue weighted by molar-refractivity contribution is -0.136. The van der Waals surface area contributed by atoms with E-state index in [2.05, 4.69) is 0 Å². The largest absolute Gasteiger partial charge is 0.481 e. The molecule has 0 saturated carbocycles. The third kappa shape index (κ3) is 2.55. The van der Waals surface area contributed by atoms with Crippen LogP contribution in [0.1, 0.15) is 30.9 Å². The Labute approximate surface area is 82.4 Å². The highest BCUT2D eigenvalue weighted by atomic mass is 19.1. The molecule has 3 heteroatoms. The van der Waals surface area contributed by atoms with Crippen molar-refractivity contribution in [1.82, 2.24) is 0 Å². The fourth-order valence-electron chi connectivity index (χ4n) is 1.23. The molecule has 0 aliphatic rings. The van der Waals surface area contributed by atoms with Crippen molar-refractivity contribution in [3.05, 3.63) is 35.1 Å². The molecule has 0 aliphatic heterocycles. The standard InChI is InChI=1S/C11H13FO2/c1-7(2)8-3-4-9(6-11(13)14)10(12)5-8/h3-5,7H,6H2,1-2H3,(H,13,14). The molecule has 0 atom stereocenters. The van der Waals surface area contributed by atoms with Crippen molar-refractivity contribution < 1.29 is 14.3 Å². The van der Waals surface area contributed by atoms with Crippen LogP contribution in [0.25, 0.3) is 0 Å². The average molecular weight is 196 g/mol. The van der Waals surface area contributed by atoms with Gasteiger partial charge < -0.3 is 5.11 Å². The van der Waals surface area contributed by atoms with Crippen molar-refractivity contribution >= 4 is 5.97 Å². The van der Waals surface area contributed by atoms with E-state index in [9.17, 15) is 9.18 Å². The minimum atomic E-state index is -1.01. The molecule has 1 N–H and O–H groups in total. The number of hydrogen-bond acceptors (Lipinski definition) is 1. The Balaban J connectivity index is 2.95. The minimum Gasteiger partial charge on any atom is -0.481 e. The van der Waals surface area contributed by atoms with Gasteiger partial charge in [-0.2, -0.15) is 0 Å². The zero-order chi connectivity index (χ0) is 10.7. The first kappa shape index (κ1) is 10.7. The Morgan fingerprint density at radius 3 is 2.57 bits per heavy atom. The predicted molar refractivity (Wildman–Crippen MR) is 51.8 cm³/mol. The molecular weight excluding hydrogens is 183 g/mol. The maximum absolute atomic E-state index is 13.3. The van der Waals surface area contributed by atoms with E-state index in [1.165, 1.54) is 6.07 Å². The molecular formula is C11H13FO2. The summed E-state index contributed by atoms with van der Waals surface area (Å²) in [5.74, 6) is -1.19. The van der Waals surface area contributed by atoms with E-state index in [0.717, 1.165) is 5.56 Å². The van der Waals surface area contributed by atoms with E-state index < -0.39 is 11.8 Å². The Kier molecular flexibility index (Phi) is 3.23. The van der Waals surface area contributed by atoms with E-state index >= 15 is 0 Å². The zero-order valence-corrected chi connectivity index (χ0v) is 8.25. The number of hydrogen-bond donors (Lipinski definition) is 1. The zero-order valence-electron chi connectivity index (χ0n) is 8.25. The second kappa shape index (κ2) is 4.22. The molecule has 1 aromatic rings. The van der Waals surface area contributed by atoms with Crippen molar-refractivity contribution in [2.75, 3.05) is 0 Å². The van der Waals surface area contributed by atoms with Gasteiger partial charge >= 0.3 is 5.97 Å². The molecule has 0 radical (unpaired) electrons. The number of benzene rings is 1. The molecule has 1 rings (SSSR count). The summed E-state index contributed by atoms with van der Waals surface area (Å²) < 4.78 is 13.3. The summed E-state index contributed by atoms with van der Waals surface area (Å²) in [5.41, 5.74) is 1.12. The van der Waals surface area contributed by atoms with Crippen LogP contribution in [0.5, 0.6) is 0 Å². The first-order valence-electron chi connectivity index (χ1n) is 4.51. The highest BCUT2D eigenvalue weighted by Crippen LogP contribution is 2.18. The minimum absolute atomic E-state index is 0.238. The first-order valence-corrected chi connectivity index (χ1v) is 4.51. The summed E-state index contributed by atoms with van der Waals surface area (Å²) in [5, 5.41) is 8.50. The first-order chi connectivity index (χ1) is 6.50. The highest BCUT2D eigenvalue weighted by Gasteiger charge is 2.08. The van der Waals surface area contributed by atoms with Gasteiger partial charge in [-0.1, -0.05) is 26.0 Å². The number of rotatable bonds is 3. The smallest absolute Gasteiger partial charge is 0.307 e. The van der Waals surface area contributed by atoms with Crippen LogP contribution < -0.4 is 0 Å². The summed E-state index contributed by atoms with van der Waals surface area (Å²) >= 11 is 0. The van der Waals surface area contributed by atoms with E-state index in [1.807, 2.05) is 13.8 Å². The Morgan fingerprint density at radius 2 is 2.14 bits per heavy atom. The van der Waals surface area contributed by atoms with Crippen LogP contribution in [-0.2, 0) is 11.2 Å². The molecule has 0 aliphatic carbocycles. The lowest BCUT2D eigenvalue weighted by Crippen LogP contribution is -2.03. The van der Waals surface area contributed by atoms with Gasteiger partial charge in [-0.3, -0.25) is 4.79 Å². The molecule has 2 nitrogen and oxygen atoms in total. The van der Waals surface area contributed by atoms with Crippen molar-refractivity contribution in [2.45, 2.75) is 26.2 Å². The van der Waals surface area contributed by atoms with E-state index in [1.54, 1.807) is 12.1 Å². The van der Waals surface area contributed by atoms with Gasteiger partial charge in [0.05, 0.1) is 6.42 Å². The van der Waals surface area contributed by atoms with Gasteiger partial charge in [-0.05, 0) is 23.1 Å². The lowest BCUT2D eigenvalue weighted by atomic mass is 10.0. The van der Waals surface area contributed by atoms with Crippen LogP contribution in [0.3, 0.4) is 0 Å². The number of carbonyl (C=O) groups is 1. The molecule has 1 aromatic carbocycles. The molecule has 0 unspecified atom stereocenters. The predicted octanol–water partition coefficient (Wildman–Crippen LogP) is 2.58. The van der Waals surface area contributed by atoms with Gasteiger partial charge in [0.1, 0.15) is 5.82 Å². The van der Waals surface area contributed by atoms with Gasteiger partial charge in [0.25, 0.3) is 0 Å². The summed E-state index contributed by atoms with van der Waals surface area (Å²) in [6.07, 6.45) is -0.260. The summed E-state index contributed by atoms with van der Waals surface area (Å²) in [6.45, 7) is 3.93. The fraction of sp³-hybridized carbons (Fsp3) is 0.364. The number of aliphatic carboxylic acids is 1. The van der Waals surface area contributed by atoms with Crippen LogP contribution in [0, 0.1) is 5.82 Å². The molecule has 0 fully saturated rings. The Morgan fingerprint density at radius 1 is 1.50 bits per heavy atom. The topological polar surface area (TPSA) is 37.3 Å². The molecule has 0 aromatic heterocycles. The lowest BCUT2D eigenvalue weighted by Gasteiger charge is -2.07. The van der Waals surface area contributed by atoms with Gasteiger partial charge in [0.15, 0.2) is 0 Å². The van der Waals surface area contributed by atoms with Gasteiger partial charge in [-0.25, -0.2) is 4.39 Å². The number of halogens is 1. The maximum atomic E-state index is 13.3. The molecule has 0 spiro atoms. The number of carboxylic acids is 1. The summed E-state index contributed by atoms with van der Waals surface area (Å²) in [4.78, 5) is 10.4. The normalized spacial score (nSPS) is 10.6. The fourth-order valence-corrected chi connectivity index (χ4v) is 1.23. The Hall–Kier alpha value is -1.38. The second-order valence-corrected chi connectivity index (χ2v) is 3.58. The van der Waals surface area contributed by atoms with Gasteiger partial charge in [0.2, 0.25) is 0 Å². The van der Waals surface area contributed by atoms with Gasteiger partial charge in [0, 0.05) is 0 Å². The third-order valence-corrected chi connectivity index (χ3v) is 2.09.